The molecule has 0 aliphatic heterocycles. The summed E-state index contributed by atoms with van der Waals surface area (Å²) in [5.41, 5.74) is 2.24. The van der Waals surface area contributed by atoms with E-state index in [2.05, 4.69) is 21.2 Å². The number of rotatable bonds is 8. The van der Waals surface area contributed by atoms with Crippen molar-refractivity contribution in [2.45, 2.75) is 27.2 Å². The predicted octanol–water partition coefficient (Wildman–Crippen LogP) is 5.49. The van der Waals surface area contributed by atoms with Gasteiger partial charge in [0.25, 0.3) is 5.91 Å². The average molecular weight is 443 g/mol. The summed E-state index contributed by atoms with van der Waals surface area (Å²) in [7, 11) is 0. The summed E-state index contributed by atoms with van der Waals surface area (Å²) in [6, 6.07) is 12.9. The molecule has 1 N–H and O–H groups in total. The molecule has 0 saturated carbocycles. The molecule has 5 nitrogen and oxygen atoms in total. The third-order valence-corrected chi connectivity index (χ3v) is 4.57. The van der Waals surface area contributed by atoms with Crippen LogP contribution in [0.25, 0.3) is 6.08 Å². The summed E-state index contributed by atoms with van der Waals surface area (Å²) in [5.74, 6) is 0.727. The minimum absolute atomic E-state index is 0.00590. The van der Waals surface area contributed by atoms with E-state index in [-0.39, 0.29) is 5.57 Å². The molecule has 0 atom stereocenters. The summed E-state index contributed by atoms with van der Waals surface area (Å²) in [5, 5.41) is 12.3. The third-order valence-electron chi connectivity index (χ3n) is 3.88. The lowest BCUT2D eigenvalue weighted by Gasteiger charge is -2.14. The maximum atomic E-state index is 12.6. The number of anilines is 1. The normalized spacial score (nSPS) is 10.9. The lowest BCUT2D eigenvalue weighted by Crippen LogP contribution is -2.14. The quantitative estimate of drug-likeness (QED) is 0.433. The monoisotopic (exact) mass is 442 g/mol. The van der Waals surface area contributed by atoms with Crippen molar-refractivity contribution in [3.8, 4) is 17.6 Å². The van der Waals surface area contributed by atoms with Gasteiger partial charge in [0.05, 0.1) is 13.2 Å². The van der Waals surface area contributed by atoms with Crippen molar-refractivity contribution in [3.05, 3.63) is 57.6 Å². The van der Waals surface area contributed by atoms with Gasteiger partial charge in [-0.1, -0.05) is 41.1 Å². The SMILES string of the molecule is CCCOc1cc(Br)c(/C=C(/C#N)C(=O)Nc2ccccc2C)cc1OCC. The zero-order valence-corrected chi connectivity index (χ0v) is 17.8. The minimum atomic E-state index is -0.465. The van der Waals surface area contributed by atoms with Crippen LogP contribution in [0.5, 0.6) is 11.5 Å². The van der Waals surface area contributed by atoms with Crippen LogP contribution in [0.3, 0.4) is 0 Å². The standard InChI is InChI=1S/C22H23BrN2O3/c1-4-10-28-21-13-18(23)16(12-20(21)27-5-2)11-17(14-24)22(26)25-19-9-7-6-8-15(19)3/h6-9,11-13H,4-5,10H2,1-3H3,(H,25,26)/b17-11-. The van der Waals surface area contributed by atoms with Crippen LogP contribution >= 0.6 is 15.9 Å². The van der Waals surface area contributed by atoms with Gasteiger partial charge < -0.3 is 14.8 Å². The fourth-order valence-corrected chi connectivity index (χ4v) is 2.90. The van der Waals surface area contributed by atoms with Gasteiger partial charge in [-0.3, -0.25) is 4.79 Å². The first-order chi connectivity index (χ1) is 13.5. The number of halogens is 1. The Labute approximate surface area is 174 Å². The van der Waals surface area contributed by atoms with Crippen LogP contribution in [0, 0.1) is 18.3 Å². The van der Waals surface area contributed by atoms with Crippen molar-refractivity contribution in [2.24, 2.45) is 0 Å². The zero-order chi connectivity index (χ0) is 20.5. The highest BCUT2D eigenvalue weighted by atomic mass is 79.9. The second-order valence-electron chi connectivity index (χ2n) is 6.04. The number of carbonyl (C=O) groups is 1. The summed E-state index contributed by atoms with van der Waals surface area (Å²) in [6.07, 6.45) is 2.41. The number of nitrogens with one attached hydrogen (secondary N) is 1. The van der Waals surface area contributed by atoms with Gasteiger partial charge in [-0.05, 0) is 55.7 Å². The molecule has 0 bridgehead atoms. The van der Waals surface area contributed by atoms with Crippen molar-refractivity contribution >= 4 is 33.6 Å². The first-order valence-electron chi connectivity index (χ1n) is 9.08. The highest BCUT2D eigenvalue weighted by Crippen LogP contribution is 2.35. The molecule has 0 aliphatic rings. The minimum Gasteiger partial charge on any atom is -0.490 e. The highest BCUT2D eigenvalue weighted by Gasteiger charge is 2.14. The molecular weight excluding hydrogens is 420 g/mol. The van der Waals surface area contributed by atoms with E-state index in [0.29, 0.717) is 40.4 Å². The average Bonchev–Trinajstić information content (AvgIpc) is 2.68. The van der Waals surface area contributed by atoms with Crippen molar-refractivity contribution < 1.29 is 14.3 Å². The van der Waals surface area contributed by atoms with Crippen molar-refractivity contribution in [3.63, 3.8) is 0 Å². The van der Waals surface area contributed by atoms with Crippen LogP contribution in [0.15, 0.2) is 46.4 Å². The number of benzene rings is 2. The largest absolute Gasteiger partial charge is 0.490 e. The van der Waals surface area contributed by atoms with Crippen LogP contribution in [0.2, 0.25) is 0 Å². The molecule has 0 aromatic heterocycles. The van der Waals surface area contributed by atoms with E-state index < -0.39 is 5.91 Å². The first kappa shape index (κ1) is 21.5. The fraction of sp³-hybridized carbons (Fsp3) is 0.273. The number of aryl methyl sites for hydroxylation is 1. The van der Waals surface area contributed by atoms with Gasteiger partial charge in [0.15, 0.2) is 11.5 Å². The van der Waals surface area contributed by atoms with E-state index >= 15 is 0 Å². The molecule has 2 aromatic carbocycles. The molecule has 28 heavy (non-hydrogen) atoms. The second kappa shape index (κ2) is 10.5. The molecule has 0 aliphatic carbocycles. The molecule has 6 heteroatoms. The Morgan fingerprint density at radius 3 is 2.57 bits per heavy atom. The maximum absolute atomic E-state index is 12.6. The van der Waals surface area contributed by atoms with Crippen LogP contribution in [0.1, 0.15) is 31.4 Å². The Kier molecular flexibility index (Phi) is 8.09. The van der Waals surface area contributed by atoms with E-state index in [4.69, 9.17) is 9.47 Å². The van der Waals surface area contributed by atoms with E-state index in [0.717, 1.165) is 12.0 Å². The van der Waals surface area contributed by atoms with Gasteiger partial charge in [-0.25, -0.2) is 0 Å². The Hall–Kier alpha value is -2.78. The lowest BCUT2D eigenvalue weighted by atomic mass is 10.1. The number of hydrogen-bond donors (Lipinski definition) is 1. The van der Waals surface area contributed by atoms with Gasteiger partial charge in [0.2, 0.25) is 0 Å². The first-order valence-corrected chi connectivity index (χ1v) is 9.87. The molecule has 0 saturated heterocycles. The molecule has 146 valence electrons. The van der Waals surface area contributed by atoms with Crippen LogP contribution in [-0.4, -0.2) is 19.1 Å². The molecule has 0 radical (unpaired) electrons. The van der Waals surface area contributed by atoms with Crippen LogP contribution < -0.4 is 14.8 Å². The number of carbonyl (C=O) groups excluding carboxylic acids is 1. The summed E-state index contributed by atoms with van der Waals surface area (Å²) in [6.45, 7) is 6.86. The van der Waals surface area contributed by atoms with E-state index in [1.807, 2.05) is 45.0 Å². The van der Waals surface area contributed by atoms with Gasteiger partial charge >= 0.3 is 0 Å². The molecular formula is C22H23BrN2O3. The van der Waals surface area contributed by atoms with E-state index in [1.165, 1.54) is 6.08 Å². The summed E-state index contributed by atoms with van der Waals surface area (Å²) in [4.78, 5) is 12.6. The number of nitriles is 1. The highest BCUT2D eigenvalue weighted by molar-refractivity contribution is 9.10. The third kappa shape index (κ3) is 5.61. The Morgan fingerprint density at radius 1 is 1.21 bits per heavy atom. The number of para-hydroxylation sites is 1. The van der Waals surface area contributed by atoms with Gasteiger partial charge in [0, 0.05) is 10.2 Å². The van der Waals surface area contributed by atoms with Crippen molar-refractivity contribution in [1.29, 1.82) is 5.26 Å². The zero-order valence-electron chi connectivity index (χ0n) is 16.2. The van der Waals surface area contributed by atoms with Gasteiger partial charge in [0.1, 0.15) is 11.6 Å². The van der Waals surface area contributed by atoms with E-state index in [1.54, 1.807) is 18.2 Å². The smallest absolute Gasteiger partial charge is 0.266 e. The number of ether oxygens (including phenoxy) is 2. The molecule has 2 aromatic rings. The van der Waals surface area contributed by atoms with Gasteiger partial charge in [-0.15, -0.1) is 0 Å². The summed E-state index contributed by atoms with van der Waals surface area (Å²) >= 11 is 3.49. The summed E-state index contributed by atoms with van der Waals surface area (Å²) < 4.78 is 12.1. The number of amides is 1. The second-order valence-corrected chi connectivity index (χ2v) is 6.90. The maximum Gasteiger partial charge on any atom is 0.266 e. The van der Waals surface area contributed by atoms with Crippen LogP contribution in [0.4, 0.5) is 5.69 Å². The van der Waals surface area contributed by atoms with Gasteiger partial charge in [-0.2, -0.15) is 5.26 Å². The topological polar surface area (TPSA) is 71.3 Å². The Balaban J connectivity index is 2.34. The number of hydrogen-bond acceptors (Lipinski definition) is 4. The Bertz CT molecular complexity index is 916. The molecule has 0 spiro atoms. The Morgan fingerprint density at radius 2 is 1.93 bits per heavy atom. The number of nitrogens with zero attached hydrogens (tertiary/aromatic N) is 1. The molecule has 2 rings (SSSR count). The predicted molar refractivity (Wildman–Crippen MR) is 114 cm³/mol. The lowest BCUT2D eigenvalue weighted by molar-refractivity contribution is -0.112. The molecule has 0 fully saturated rings. The molecule has 0 heterocycles. The van der Waals surface area contributed by atoms with Crippen molar-refractivity contribution in [2.75, 3.05) is 18.5 Å². The fourth-order valence-electron chi connectivity index (χ4n) is 2.46. The van der Waals surface area contributed by atoms with E-state index in [9.17, 15) is 10.1 Å². The molecule has 1 amide bonds. The molecule has 0 unspecified atom stereocenters. The van der Waals surface area contributed by atoms with Crippen LogP contribution in [-0.2, 0) is 4.79 Å². The van der Waals surface area contributed by atoms with Crippen molar-refractivity contribution in [1.82, 2.24) is 0 Å².